The monoisotopic (exact) mass is 490 g/mol. The quantitative estimate of drug-likeness (QED) is 0.427. The van der Waals surface area contributed by atoms with E-state index in [9.17, 15) is 23.0 Å². The summed E-state index contributed by atoms with van der Waals surface area (Å²) in [7, 11) is 0. The number of nitriles is 1. The summed E-state index contributed by atoms with van der Waals surface area (Å²) in [6.07, 6.45) is -3.22. The Morgan fingerprint density at radius 2 is 1.74 bits per heavy atom. The maximum absolute atomic E-state index is 14.2. The summed E-state index contributed by atoms with van der Waals surface area (Å²) < 4.78 is 58.4. The van der Waals surface area contributed by atoms with Crippen LogP contribution in [0.1, 0.15) is 58.7 Å². The van der Waals surface area contributed by atoms with Gasteiger partial charge in [-0.3, -0.25) is 0 Å². The maximum atomic E-state index is 14.2. The first-order chi connectivity index (χ1) is 15.6. The number of fused-ring (bicyclic) bond motifs is 1. The second-order valence-electron chi connectivity index (χ2n) is 10.5. The molecule has 1 unspecified atom stereocenters. The Labute approximate surface area is 201 Å². The van der Waals surface area contributed by atoms with Crippen molar-refractivity contribution in [2.75, 3.05) is 0 Å². The molecule has 0 aliphatic carbocycles. The van der Waals surface area contributed by atoms with Gasteiger partial charge in [-0.1, -0.05) is 39.0 Å². The Bertz CT molecular complexity index is 1220. The highest BCUT2D eigenvalue weighted by molar-refractivity contribution is 7.90. The molecule has 0 saturated carbocycles. The van der Waals surface area contributed by atoms with E-state index in [1.165, 1.54) is 6.20 Å². The summed E-state index contributed by atoms with van der Waals surface area (Å²) in [5.41, 5.74) is 1.65. The summed E-state index contributed by atoms with van der Waals surface area (Å²) in [5, 5.41) is 9.79. The third kappa shape index (κ3) is 5.74. The van der Waals surface area contributed by atoms with Gasteiger partial charge in [0, 0.05) is 40.6 Å². The molecule has 2 heterocycles. The van der Waals surface area contributed by atoms with E-state index in [2.05, 4.69) is 10.8 Å². The molecule has 0 radical (unpaired) electrons. The summed E-state index contributed by atoms with van der Waals surface area (Å²) in [5.74, 6) is 0. The van der Waals surface area contributed by atoms with Crippen molar-refractivity contribution >= 4 is 22.4 Å². The van der Waals surface area contributed by atoms with E-state index >= 15 is 0 Å². The van der Waals surface area contributed by atoms with Crippen molar-refractivity contribution in [1.29, 1.82) is 5.26 Å². The largest absolute Gasteiger partial charge is 0.598 e. The van der Waals surface area contributed by atoms with Crippen LogP contribution in [0.2, 0.25) is 0 Å². The summed E-state index contributed by atoms with van der Waals surface area (Å²) in [4.78, 5) is 4.69. The Kier molecular flexibility index (Phi) is 7.09. The highest BCUT2D eigenvalue weighted by Gasteiger charge is 2.47. The number of hydrogen-bond donors (Lipinski definition) is 1. The van der Waals surface area contributed by atoms with Crippen LogP contribution in [0.25, 0.3) is 22.3 Å². The van der Waals surface area contributed by atoms with Gasteiger partial charge in [0.15, 0.2) is 6.04 Å². The van der Waals surface area contributed by atoms with Gasteiger partial charge in [-0.2, -0.15) is 18.4 Å². The highest BCUT2D eigenvalue weighted by atomic mass is 32.2. The fraction of sp³-hybridized carbons (Fsp3) is 0.440. The van der Waals surface area contributed by atoms with Crippen molar-refractivity contribution in [1.82, 2.24) is 14.3 Å². The molecule has 0 aliphatic rings. The number of nitrogens with one attached hydrogen (secondary N) is 1. The lowest BCUT2D eigenvalue weighted by Crippen LogP contribution is -2.45. The van der Waals surface area contributed by atoms with E-state index in [-0.39, 0.29) is 11.0 Å². The zero-order valence-corrected chi connectivity index (χ0v) is 20.9. The van der Waals surface area contributed by atoms with Crippen LogP contribution < -0.4 is 4.72 Å². The molecule has 5 nitrogen and oxygen atoms in total. The SMILES string of the molecule is CC(C)(C)Cn1cc([C@H](N[S+]([O-])C(C)(C)C)C(F)(F)F)c2ccc(-c3ccccc3C#N)nc21. The first-order valence-corrected chi connectivity index (χ1v) is 12.0. The van der Waals surface area contributed by atoms with E-state index in [4.69, 9.17) is 4.98 Å². The third-order valence-electron chi connectivity index (χ3n) is 5.14. The van der Waals surface area contributed by atoms with Crippen molar-refractivity contribution in [3.05, 3.63) is 53.7 Å². The van der Waals surface area contributed by atoms with Crippen LogP contribution in [0.3, 0.4) is 0 Å². The van der Waals surface area contributed by atoms with E-state index in [0.29, 0.717) is 34.4 Å². The third-order valence-corrected chi connectivity index (χ3v) is 6.70. The van der Waals surface area contributed by atoms with Crippen LogP contribution in [0.15, 0.2) is 42.6 Å². The maximum Gasteiger partial charge on any atom is 0.412 e. The number of hydrogen-bond acceptors (Lipinski definition) is 4. The van der Waals surface area contributed by atoms with E-state index < -0.39 is 28.3 Å². The molecule has 0 saturated heterocycles. The molecular formula is C25H29F3N4OS. The molecule has 34 heavy (non-hydrogen) atoms. The highest BCUT2D eigenvalue weighted by Crippen LogP contribution is 2.39. The minimum absolute atomic E-state index is 0.0306. The molecule has 2 aromatic heterocycles. The van der Waals surface area contributed by atoms with Gasteiger partial charge in [0.1, 0.15) is 10.4 Å². The molecule has 3 rings (SSSR count). The van der Waals surface area contributed by atoms with Crippen LogP contribution in [0.5, 0.6) is 0 Å². The van der Waals surface area contributed by atoms with Crippen LogP contribution in [0.4, 0.5) is 13.2 Å². The normalized spacial score (nSPS) is 14.7. The second-order valence-corrected chi connectivity index (χ2v) is 12.5. The Morgan fingerprint density at radius 1 is 1.09 bits per heavy atom. The van der Waals surface area contributed by atoms with Crippen molar-refractivity contribution < 1.29 is 17.7 Å². The second kappa shape index (κ2) is 9.25. The lowest BCUT2D eigenvalue weighted by Gasteiger charge is -2.29. The lowest BCUT2D eigenvalue weighted by atomic mass is 9.97. The molecule has 0 bridgehead atoms. The molecule has 182 valence electrons. The fourth-order valence-electron chi connectivity index (χ4n) is 3.60. The zero-order chi connectivity index (χ0) is 25.5. The van der Waals surface area contributed by atoms with Crippen molar-refractivity contribution in [3.8, 4) is 17.3 Å². The van der Waals surface area contributed by atoms with Gasteiger partial charge < -0.3 is 9.12 Å². The molecule has 1 N–H and O–H groups in total. The average Bonchev–Trinajstić information content (AvgIpc) is 3.05. The van der Waals surface area contributed by atoms with Gasteiger partial charge in [0.05, 0.1) is 17.3 Å². The number of nitrogens with zero attached hydrogens (tertiary/aromatic N) is 3. The van der Waals surface area contributed by atoms with Gasteiger partial charge in [-0.15, -0.1) is 4.72 Å². The molecule has 0 amide bonds. The number of pyridine rings is 1. The average molecular weight is 491 g/mol. The van der Waals surface area contributed by atoms with Crippen LogP contribution in [-0.4, -0.2) is 25.0 Å². The Hall–Kier alpha value is -2.54. The molecule has 1 aromatic carbocycles. The number of aromatic nitrogens is 2. The number of alkyl halides is 3. The number of halogens is 3. The molecule has 3 aromatic rings. The minimum atomic E-state index is -4.67. The minimum Gasteiger partial charge on any atom is -0.598 e. The number of rotatable bonds is 5. The summed E-state index contributed by atoms with van der Waals surface area (Å²) >= 11 is -1.94. The van der Waals surface area contributed by atoms with Gasteiger partial charge in [-0.05, 0) is 44.4 Å². The molecule has 2 atom stereocenters. The van der Waals surface area contributed by atoms with Crippen LogP contribution in [0, 0.1) is 16.7 Å². The first-order valence-electron chi connectivity index (χ1n) is 10.9. The molecule has 0 fully saturated rings. The Balaban J connectivity index is 2.23. The Morgan fingerprint density at radius 3 is 2.29 bits per heavy atom. The van der Waals surface area contributed by atoms with Crippen molar-refractivity contribution in [2.45, 2.75) is 65.1 Å². The van der Waals surface area contributed by atoms with E-state index in [1.54, 1.807) is 61.7 Å². The predicted molar refractivity (Wildman–Crippen MR) is 129 cm³/mol. The molecule has 0 spiro atoms. The van der Waals surface area contributed by atoms with Gasteiger partial charge in [0.2, 0.25) is 0 Å². The van der Waals surface area contributed by atoms with E-state index in [1.807, 2.05) is 20.8 Å². The molecular weight excluding hydrogens is 461 g/mol. The topological polar surface area (TPSA) is 76.7 Å². The molecule has 0 aliphatic heterocycles. The van der Waals surface area contributed by atoms with Crippen LogP contribution in [-0.2, 0) is 17.9 Å². The smallest absolute Gasteiger partial charge is 0.412 e. The zero-order valence-electron chi connectivity index (χ0n) is 20.1. The lowest BCUT2D eigenvalue weighted by molar-refractivity contribution is -0.152. The van der Waals surface area contributed by atoms with E-state index in [0.717, 1.165) is 0 Å². The fourth-order valence-corrected chi connectivity index (χ4v) is 4.43. The predicted octanol–water partition coefficient (Wildman–Crippen LogP) is 6.28. The van der Waals surface area contributed by atoms with Crippen LogP contribution >= 0.6 is 0 Å². The number of benzene rings is 1. The first kappa shape index (κ1) is 26.1. The standard InChI is InChI=1S/C25H29F3N4OS/c1-23(2,3)15-32-14-19(21(25(26,27)28)31-34(33)24(4,5)6)18-11-12-20(30-22(18)32)17-10-8-7-9-16(17)13-29/h7-12,14,21,31H,15H2,1-6H3/t21-,34?/m0/s1. The van der Waals surface area contributed by atoms with Crippen molar-refractivity contribution in [3.63, 3.8) is 0 Å². The van der Waals surface area contributed by atoms with Crippen molar-refractivity contribution in [2.24, 2.45) is 5.41 Å². The van der Waals surface area contributed by atoms with Gasteiger partial charge in [-0.25, -0.2) is 4.98 Å². The molecule has 9 heteroatoms. The summed E-state index contributed by atoms with van der Waals surface area (Å²) in [6.45, 7) is 11.2. The van der Waals surface area contributed by atoms with Gasteiger partial charge >= 0.3 is 6.18 Å². The van der Waals surface area contributed by atoms with Gasteiger partial charge in [0.25, 0.3) is 0 Å². The summed E-state index contributed by atoms with van der Waals surface area (Å²) in [6, 6.07) is 10.2.